The average molecular weight is 306 g/mol. The van der Waals surface area contributed by atoms with Gasteiger partial charge in [-0.1, -0.05) is 89.6 Å². The zero-order valence-electron chi connectivity index (χ0n) is 14.8. The lowest BCUT2D eigenvalue weighted by Gasteiger charge is -2.19. The Morgan fingerprint density at radius 2 is 1.14 bits per heavy atom. The zero-order chi connectivity index (χ0) is 15.5. The van der Waals surface area contributed by atoms with Gasteiger partial charge < -0.3 is 0 Å². The van der Waals surface area contributed by atoms with Crippen LogP contribution in [0.4, 0.5) is 0 Å². The van der Waals surface area contributed by atoms with Crippen LogP contribution in [0.15, 0.2) is 18.2 Å². The molecule has 0 bridgehead atoms. The molecule has 0 atom stereocenters. The molecule has 0 amide bonds. The van der Waals surface area contributed by atoms with Crippen LogP contribution < -0.4 is 5.30 Å². The molecule has 1 aromatic carbocycles. The van der Waals surface area contributed by atoms with Gasteiger partial charge in [-0.05, 0) is 44.3 Å². The molecule has 0 nitrogen and oxygen atoms in total. The van der Waals surface area contributed by atoms with E-state index in [0.717, 1.165) is 0 Å². The standard InChI is InChI=1S/C20H35P/c1-5-7-9-11-13-21(14-12-10-8-6-2)20-16-18(3)15-19(4)17-20/h15-17H,5-14H2,1-4H3. The fourth-order valence-corrected chi connectivity index (χ4v) is 5.69. The summed E-state index contributed by atoms with van der Waals surface area (Å²) in [7, 11) is 0.0786. The Morgan fingerprint density at radius 1 is 0.667 bits per heavy atom. The second-order valence-electron chi connectivity index (χ2n) is 6.45. The van der Waals surface area contributed by atoms with Gasteiger partial charge in [0, 0.05) is 0 Å². The van der Waals surface area contributed by atoms with Gasteiger partial charge in [-0.2, -0.15) is 0 Å². The molecule has 0 spiro atoms. The van der Waals surface area contributed by atoms with Crippen molar-refractivity contribution in [1.29, 1.82) is 0 Å². The zero-order valence-corrected chi connectivity index (χ0v) is 15.6. The quantitative estimate of drug-likeness (QED) is 0.320. The highest BCUT2D eigenvalue weighted by atomic mass is 31.1. The molecule has 0 unspecified atom stereocenters. The lowest BCUT2D eigenvalue weighted by atomic mass is 10.2. The van der Waals surface area contributed by atoms with Crippen molar-refractivity contribution in [3.63, 3.8) is 0 Å². The van der Waals surface area contributed by atoms with E-state index in [1.165, 1.54) is 74.8 Å². The molecule has 0 N–H and O–H groups in total. The molecule has 120 valence electrons. The van der Waals surface area contributed by atoms with Gasteiger partial charge in [0.15, 0.2) is 0 Å². The van der Waals surface area contributed by atoms with E-state index in [1.54, 1.807) is 5.30 Å². The monoisotopic (exact) mass is 306 g/mol. The second kappa shape index (κ2) is 11.2. The van der Waals surface area contributed by atoms with E-state index in [2.05, 4.69) is 45.9 Å². The van der Waals surface area contributed by atoms with E-state index in [4.69, 9.17) is 0 Å². The van der Waals surface area contributed by atoms with E-state index in [9.17, 15) is 0 Å². The molecule has 0 heterocycles. The average Bonchev–Trinajstić information content (AvgIpc) is 2.44. The van der Waals surface area contributed by atoms with Crippen molar-refractivity contribution >= 4 is 13.2 Å². The third-order valence-corrected chi connectivity index (χ3v) is 6.84. The topological polar surface area (TPSA) is 0 Å². The lowest BCUT2D eigenvalue weighted by Crippen LogP contribution is -2.08. The summed E-state index contributed by atoms with van der Waals surface area (Å²) < 4.78 is 0. The van der Waals surface area contributed by atoms with Crippen molar-refractivity contribution in [3.8, 4) is 0 Å². The van der Waals surface area contributed by atoms with Crippen molar-refractivity contribution in [2.45, 2.75) is 79.1 Å². The smallest absolute Gasteiger partial charge is 0.0235 e. The molecule has 0 aliphatic heterocycles. The minimum absolute atomic E-state index is 0.0786. The highest BCUT2D eigenvalue weighted by molar-refractivity contribution is 7.65. The maximum Gasteiger partial charge on any atom is -0.0235 e. The first-order valence-electron chi connectivity index (χ1n) is 9.00. The summed E-state index contributed by atoms with van der Waals surface area (Å²) >= 11 is 0. The first kappa shape index (κ1) is 18.7. The van der Waals surface area contributed by atoms with Gasteiger partial charge in [0.1, 0.15) is 0 Å². The third kappa shape index (κ3) is 8.01. The van der Waals surface area contributed by atoms with Crippen molar-refractivity contribution in [2.24, 2.45) is 0 Å². The van der Waals surface area contributed by atoms with Crippen LogP contribution in [0.2, 0.25) is 0 Å². The first-order valence-corrected chi connectivity index (χ1v) is 10.7. The minimum Gasteiger partial charge on any atom is -0.0753 e. The minimum atomic E-state index is 0.0786. The third-order valence-electron chi connectivity index (χ3n) is 4.13. The van der Waals surface area contributed by atoms with E-state index in [1.807, 2.05) is 0 Å². The van der Waals surface area contributed by atoms with Crippen molar-refractivity contribution < 1.29 is 0 Å². The van der Waals surface area contributed by atoms with Crippen molar-refractivity contribution in [3.05, 3.63) is 29.3 Å². The predicted molar refractivity (Wildman–Crippen MR) is 100 cm³/mol. The molecule has 1 rings (SSSR count). The molecule has 0 saturated heterocycles. The maximum atomic E-state index is 2.46. The maximum absolute atomic E-state index is 2.46. The Balaban J connectivity index is 2.60. The largest absolute Gasteiger partial charge is 0.0753 e. The number of benzene rings is 1. The van der Waals surface area contributed by atoms with Crippen LogP contribution in [0, 0.1) is 13.8 Å². The van der Waals surface area contributed by atoms with Gasteiger partial charge >= 0.3 is 0 Å². The summed E-state index contributed by atoms with van der Waals surface area (Å²) in [5, 5.41) is 1.66. The first-order chi connectivity index (χ1) is 10.2. The number of hydrogen-bond donors (Lipinski definition) is 0. The summed E-state index contributed by atoms with van der Waals surface area (Å²) in [6.45, 7) is 9.10. The number of unbranched alkanes of at least 4 members (excludes halogenated alkanes) is 6. The van der Waals surface area contributed by atoms with E-state index in [-0.39, 0.29) is 7.92 Å². The molecule has 1 aromatic rings. The summed E-state index contributed by atoms with van der Waals surface area (Å²) in [6.07, 6.45) is 14.1. The Hall–Kier alpha value is -0.350. The number of rotatable bonds is 11. The van der Waals surface area contributed by atoms with Crippen LogP contribution in [0.5, 0.6) is 0 Å². The van der Waals surface area contributed by atoms with Gasteiger partial charge in [-0.15, -0.1) is 0 Å². The predicted octanol–water partition coefficient (Wildman–Crippen LogP) is 6.57. The van der Waals surface area contributed by atoms with Gasteiger partial charge in [-0.3, -0.25) is 0 Å². The number of aryl methyl sites for hydroxylation is 2. The van der Waals surface area contributed by atoms with Crippen LogP contribution in [0.1, 0.15) is 76.3 Å². The van der Waals surface area contributed by atoms with Crippen molar-refractivity contribution in [2.75, 3.05) is 12.3 Å². The summed E-state index contributed by atoms with van der Waals surface area (Å²) in [6, 6.07) is 7.22. The Bertz CT molecular complexity index is 351. The van der Waals surface area contributed by atoms with Gasteiger partial charge in [-0.25, -0.2) is 0 Å². The van der Waals surface area contributed by atoms with Crippen LogP contribution >= 0.6 is 7.92 Å². The number of hydrogen-bond acceptors (Lipinski definition) is 0. The molecule has 1 heteroatoms. The normalized spacial score (nSPS) is 11.3. The Kier molecular flexibility index (Phi) is 10.0. The molecule has 0 fully saturated rings. The molecule has 0 saturated carbocycles. The molecule has 0 aromatic heterocycles. The van der Waals surface area contributed by atoms with Gasteiger partial charge in [0.05, 0.1) is 0 Å². The fraction of sp³-hybridized carbons (Fsp3) is 0.700. The van der Waals surface area contributed by atoms with Crippen molar-refractivity contribution in [1.82, 2.24) is 0 Å². The van der Waals surface area contributed by atoms with Crippen LogP contribution in [0.3, 0.4) is 0 Å². The van der Waals surface area contributed by atoms with E-state index in [0.29, 0.717) is 0 Å². The van der Waals surface area contributed by atoms with E-state index < -0.39 is 0 Å². The molecule has 0 radical (unpaired) electrons. The Labute approximate surface area is 134 Å². The molecule has 0 aliphatic rings. The second-order valence-corrected chi connectivity index (χ2v) is 8.94. The van der Waals surface area contributed by atoms with Crippen LogP contribution in [-0.4, -0.2) is 12.3 Å². The molecule has 21 heavy (non-hydrogen) atoms. The SMILES string of the molecule is CCCCCCP(CCCCCC)c1cc(C)cc(C)c1. The van der Waals surface area contributed by atoms with E-state index >= 15 is 0 Å². The molecular weight excluding hydrogens is 271 g/mol. The lowest BCUT2D eigenvalue weighted by molar-refractivity contribution is 0.697. The highest BCUT2D eigenvalue weighted by Gasteiger charge is 2.11. The highest BCUT2D eigenvalue weighted by Crippen LogP contribution is 2.37. The summed E-state index contributed by atoms with van der Waals surface area (Å²) in [5.41, 5.74) is 2.89. The summed E-state index contributed by atoms with van der Waals surface area (Å²) in [4.78, 5) is 0. The molecule has 0 aliphatic carbocycles. The summed E-state index contributed by atoms with van der Waals surface area (Å²) in [5.74, 6) is 0. The van der Waals surface area contributed by atoms with Crippen LogP contribution in [0.25, 0.3) is 0 Å². The van der Waals surface area contributed by atoms with Gasteiger partial charge in [0.25, 0.3) is 0 Å². The van der Waals surface area contributed by atoms with Crippen LogP contribution in [-0.2, 0) is 0 Å². The Morgan fingerprint density at radius 3 is 1.57 bits per heavy atom. The van der Waals surface area contributed by atoms with Gasteiger partial charge in [0.2, 0.25) is 0 Å². The fourth-order valence-electron chi connectivity index (χ4n) is 2.96. The molecular formula is C20H35P.